The number of nitrogens with one attached hydrogen (secondary N) is 1. The van der Waals surface area contributed by atoms with E-state index in [1.54, 1.807) is 24.3 Å². The van der Waals surface area contributed by atoms with E-state index < -0.39 is 28.0 Å². The van der Waals surface area contributed by atoms with Crippen molar-refractivity contribution in [2.24, 2.45) is 11.7 Å². The molecule has 2 amide bonds. The molecule has 0 radical (unpaired) electrons. The monoisotopic (exact) mass is 581 g/mol. The van der Waals surface area contributed by atoms with E-state index in [1.165, 1.54) is 28.9 Å². The van der Waals surface area contributed by atoms with Crippen LogP contribution in [0.15, 0.2) is 47.4 Å². The van der Waals surface area contributed by atoms with Crippen LogP contribution in [0.1, 0.15) is 60.4 Å². The first-order chi connectivity index (χ1) is 18.2. The molecule has 0 aromatic heterocycles. The highest BCUT2D eigenvalue weighted by atomic mass is 35.5. The van der Waals surface area contributed by atoms with Crippen LogP contribution in [0.2, 0.25) is 10.0 Å². The third kappa shape index (κ3) is 6.87. The maximum atomic E-state index is 13.5. The number of halogens is 2. The molecule has 0 bridgehead atoms. The third-order valence-corrected chi connectivity index (χ3v) is 9.91. The van der Waals surface area contributed by atoms with Gasteiger partial charge in [0.2, 0.25) is 21.8 Å². The van der Waals surface area contributed by atoms with Gasteiger partial charge in [0.25, 0.3) is 0 Å². The molecule has 4 rings (SSSR count). The summed E-state index contributed by atoms with van der Waals surface area (Å²) in [4.78, 5) is 25.6. The Kier molecular flexibility index (Phi) is 9.70. The van der Waals surface area contributed by atoms with Gasteiger partial charge in [-0.2, -0.15) is 4.31 Å². The second-order valence-electron chi connectivity index (χ2n) is 9.92. The van der Waals surface area contributed by atoms with Crippen molar-refractivity contribution in [3.63, 3.8) is 0 Å². The number of sulfonamides is 1. The molecule has 0 spiro atoms. The van der Waals surface area contributed by atoms with Gasteiger partial charge in [-0.3, -0.25) is 9.59 Å². The fraction of sp³-hybridized carbons (Fsp3) is 0.481. The number of nitrogens with zero attached hydrogens (tertiary/aromatic N) is 1. The summed E-state index contributed by atoms with van der Waals surface area (Å²) < 4.78 is 33.6. The second-order valence-corrected chi connectivity index (χ2v) is 12.7. The molecule has 1 heterocycles. The maximum absolute atomic E-state index is 13.5. The number of rotatable bonds is 9. The summed E-state index contributed by atoms with van der Waals surface area (Å²) in [5, 5.41) is 3.35. The van der Waals surface area contributed by atoms with Crippen molar-refractivity contribution < 1.29 is 22.7 Å². The Bertz CT molecular complexity index is 1270. The largest absolute Gasteiger partial charge is 0.374 e. The molecule has 1 aliphatic heterocycles. The van der Waals surface area contributed by atoms with Gasteiger partial charge in [0.05, 0.1) is 23.7 Å². The summed E-state index contributed by atoms with van der Waals surface area (Å²) in [7, 11) is -3.88. The second kappa shape index (κ2) is 12.8. The molecule has 2 atom stereocenters. The number of ether oxygens (including phenoxy) is 1. The Morgan fingerprint density at radius 3 is 2.55 bits per heavy atom. The average Bonchev–Trinajstić information content (AvgIpc) is 2.91. The van der Waals surface area contributed by atoms with Crippen LogP contribution in [-0.2, 0) is 19.6 Å². The van der Waals surface area contributed by atoms with Gasteiger partial charge in [-0.05, 0) is 42.2 Å². The van der Waals surface area contributed by atoms with Gasteiger partial charge in [0, 0.05) is 30.2 Å². The Morgan fingerprint density at radius 2 is 1.84 bits per heavy atom. The van der Waals surface area contributed by atoms with Gasteiger partial charge in [0.15, 0.2) is 0 Å². The number of carbonyl (C=O) groups is 2. The molecule has 1 aliphatic carbocycles. The van der Waals surface area contributed by atoms with Gasteiger partial charge in [0.1, 0.15) is 4.90 Å². The van der Waals surface area contributed by atoms with E-state index in [1.807, 2.05) is 0 Å². The van der Waals surface area contributed by atoms with Crippen LogP contribution < -0.4 is 11.1 Å². The average molecular weight is 583 g/mol. The predicted molar refractivity (Wildman–Crippen MR) is 147 cm³/mol. The highest BCUT2D eigenvalue weighted by Gasteiger charge is 2.34. The van der Waals surface area contributed by atoms with Gasteiger partial charge in [-0.25, -0.2) is 8.42 Å². The van der Waals surface area contributed by atoms with E-state index in [2.05, 4.69) is 5.32 Å². The zero-order valence-corrected chi connectivity index (χ0v) is 23.4. The zero-order chi connectivity index (χ0) is 27.3. The Labute approximate surface area is 233 Å². The number of nitrogens with two attached hydrogens (primary N) is 1. The van der Waals surface area contributed by atoms with Crippen LogP contribution in [-0.4, -0.2) is 56.9 Å². The molecule has 2 fully saturated rings. The number of morpholine rings is 1. The fourth-order valence-electron chi connectivity index (χ4n) is 5.35. The SMILES string of the molecule is NC(=O)c1ccccc1[C@H](CC1CCCCC1)C(=O)NC[C@H]1CN(S(=O)(=O)c2ccc(Cl)cc2Cl)CCO1. The first-order valence-corrected chi connectivity index (χ1v) is 15.1. The predicted octanol–water partition coefficient (Wildman–Crippen LogP) is 4.35. The van der Waals surface area contributed by atoms with E-state index in [-0.39, 0.29) is 42.1 Å². The summed E-state index contributed by atoms with van der Waals surface area (Å²) in [6.45, 7) is 0.537. The summed E-state index contributed by atoms with van der Waals surface area (Å²) in [5.41, 5.74) is 6.59. The topological polar surface area (TPSA) is 119 Å². The highest BCUT2D eigenvalue weighted by Crippen LogP contribution is 2.35. The number of carbonyl (C=O) groups excluding carboxylic acids is 2. The van der Waals surface area contributed by atoms with Gasteiger partial charge in [-0.1, -0.05) is 73.5 Å². The summed E-state index contributed by atoms with van der Waals surface area (Å²) in [5.74, 6) is -0.956. The molecule has 0 unspecified atom stereocenters. The molecule has 11 heteroatoms. The van der Waals surface area contributed by atoms with Crippen LogP contribution in [0.4, 0.5) is 0 Å². The molecular weight excluding hydrogens is 549 g/mol. The number of hydrogen-bond acceptors (Lipinski definition) is 5. The Balaban J connectivity index is 1.46. The quantitative estimate of drug-likeness (QED) is 0.456. The summed E-state index contributed by atoms with van der Waals surface area (Å²) in [6.07, 6.45) is 5.64. The summed E-state index contributed by atoms with van der Waals surface area (Å²) in [6, 6.07) is 11.2. The molecule has 3 N–H and O–H groups in total. The van der Waals surface area contributed by atoms with E-state index in [0.29, 0.717) is 28.5 Å². The lowest BCUT2D eigenvalue weighted by Crippen LogP contribution is -2.50. The van der Waals surface area contributed by atoms with Crippen LogP contribution in [0.5, 0.6) is 0 Å². The van der Waals surface area contributed by atoms with E-state index in [0.717, 1.165) is 25.7 Å². The number of benzene rings is 2. The molecule has 38 heavy (non-hydrogen) atoms. The standard InChI is InChI=1S/C27H33Cl2N3O5S/c28-19-10-11-25(24(29)15-19)38(35,36)32-12-13-37-20(17-32)16-31-27(34)23(14-18-6-2-1-3-7-18)21-8-4-5-9-22(21)26(30)33/h4-5,8-11,15,18,20,23H,1-3,6-7,12-14,16-17H2,(H2,30,33)(H,31,34)/t20-,23-/m0/s1. The van der Waals surface area contributed by atoms with Crippen molar-refractivity contribution in [1.29, 1.82) is 0 Å². The van der Waals surface area contributed by atoms with Crippen LogP contribution in [0.3, 0.4) is 0 Å². The van der Waals surface area contributed by atoms with Gasteiger partial charge >= 0.3 is 0 Å². The minimum atomic E-state index is -3.88. The maximum Gasteiger partial charge on any atom is 0.249 e. The van der Waals surface area contributed by atoms with Crippen molar-refractivity contribution in [1.82, 2.24) is 9.62 Å². The fourth-order valence-corrected chi connectivity index (χ4v) is 7.55. The van der Waals surface area contributed by atoms with Crippen molar-refractivity contribution in [3.05, 3.63) is 63.6 Å². The number of hydrogen-bond donors (Lipinski definition) is 2. The smallest absolute Gasteiger partial charge is 0.249 e. The zero-order valence-electron chi connectivity index (χ0n) is 21.1. The summed E-state index contributed by atoms with van der Waals surface area (Å²) >= 11 is 12.1. The lowest BCUT2D eigenvalue weighted by molar-refractivity contribution is -0.124. The van der Waals surface area contributed by atoms with Crippen LogP contribution >= 0.6 is 23.2 Å². The van der Waals surface area contributed by atoms with Gasteiger partial charge in [-0.15, -0.1) is 0 Å². The number of amides is 2. The molecule has 206 valence electrons. The molecule has 8 nitrogen and oxygen atoms in total. The molecular formula is C27H33Cl2N3O5S. The molecule has 2 aliphatic rings. The van der Waals surface area contributed by atoms with Crippen molar-refractivity contribution in [2.45, 2.75) is 55.4 Å². The van der Waals surface area contributed by atoms with Crippen molar-refractivity contribution in [2.75, 3.05) is 26.2 Å². The Hall–Kier alpha value is -2.17. The van der Waals surface area contributed by atoms with Gasteiger partial charge < -0.3 is 15.8 Å². The lowest BCUT2D eigenvalue weighted by atomic mass is 9.79. The number of primary amides is 1. The lowest BCUT2D eigenvalue weighted by Gasteiger charge is -2.33. The normalized spacial score (nSPS) is 20.1. The van der Waals surface area contributed by atoms with Crippen LogP contribution in [0, 0.1) is 5.92 Å². The molecule has 1 saturated heterocycles. The first kappa shape index (κ1) is 28.8. The minimum absolute atomic E-state index is 0.0242. The van der Waals surface area contributed by atoms with Crippen molar-refractivity contribution in [3.8, 4) is 0 Å². The van der Waals surface area contributed by atoms with E-state index >= 15 is 0 Å². The van der Waals surface area contributed by atoms with Crippen molar-refractivity contribution >= 4 is 45.0 Å². The Morgan fingerprint density at radius 1 is 1.11 bits per heavy atom. The molecule has 2 aromatic carbocycles. The van der Waals surface area contributed by atoms with Crippen LogP contribution in [0.25, 0.3) is 0 Å². The first-order valence-electron chi connectivity index (χ1n) is 12.9. The highest BCUT2D eigenvalue weighted by molar-refractivity contribution is 7.89. The minimum Gasteiger partial charge on any atom is -0.374 e. The molecule has 1 saturated carbocycles. The van der Waals surface area contributed by atoms with E-state index in [9.17, 15) is 18.0 Å². The van der Waals surface area contributed by atoms with E-state index in [4.69, 9.17) is 33.7 Å². The molecule has 2 aromatic rings. The third-order valence-electron chi connectivity index (χ3n) is 7.33.